The standard InChI is InChI=1S/C18H38O2S/c1-7-8-9-10-11-12-13-17(14-21)18(6,19-15(2)3)20-16(4)5/h15-17,21H,7-14H2,1-6H3. The molecule has 3 heteroatoms. The highest BCUT2D eigenvalue weighted by Crippen LogP contribution is 2.32. The van der Waals surface area contributed by atoms with E-state index in [2.05, 4.69) is 54.2 Å². The lowest BCUT2D eigenvalue weighted by Gasteiger charge is -2.39. The molecule has 2 nitrogen and oxygen atoms in total. The molecule has 0 radical (unpaired) electrons. The Kier molecular flexibility index (Phi) is 11.9. The van der Waals surface area contributed by atoms with Crippen LogP contribution in [0, 0.1) is 5.92 Å². The summed E-state index contributed by atoms with van der Waals surface area (Å²) < 4.78 is 12.3. The zero-order valence-electron chi connectivity index (χ0n) is 15.2. The van der Waals surface area contributed by atoms with E-state index >= 15 is 0 Å². The van der Waals surface area contributed by atoms with Gasteiger partial charge in [0, 0.05) is 5.92 Å². The molecular formula is C18H38O2S. The number of rotatable bonds is 13. The van der Waals surface area contributed by atoms with Crippen molar-refractivity contribution in [2.45, 2.75) is 104 Å². The molecule has 0 heterocycles. The highest BCUT2D eigenvalue weighted by molar-refractivity contribution is 7.80. The molecule has 0 saturated heterocycles. The summed E-state index contributed by atoms with van der Waals surface area (Å²) in [6.45, 7) is 12.6. The molecule has 0 aliphatic rings. The minimum Gasteiger partial charge on any atom is -0.347 e. The van der Waals surface area contributed by atoms with Crippen LogP contribution < -0.4 is 0 Å². The van der Waals surface area contributed by atoms with Gasteiger partial charge in [-0.05, 0) is 46.8 Å². The zero-order chi connectivity index (χ0) is 16.3. The maximum absolute atomic E-state index is 6.13. The summed E-state index contributed by atoms with van der Waals surface area (Å²) in [7, 11) is 0. The van der Waals surface area contributed by atoms with Gasteiger partial charge in [-0.1, -0.05) is 45.4 Å². The summed E-state index contributed by atoms with van der Waals surface area (Å²) >= 11 is 4.55. The lowest BCUT2D eigenvalue weighted by molar-refractivity contribution is -0.282. The van der Waals surface area contributed by atoms with E-state index in [1.54, 1.807) is 0 Å². The van der Waals surface area contributed by atoms with Crippen LogP contribution in [0.25, 0.3) is 0 Å². The molecule has 0 N–H and O–H groups in total. The molecule has 0 aromatic carbocycles. The van der Waals surface area contributed by atoms with E-state index in [0.29, 0.717) is 5.92 Å². The fourth-order valence-corrected chi connectivity index (χ4v) is 3.36. The van der Waals surface area contributed by atoms with E-state index in [9.17, 15) is 0 Å². The fourth-order valence-electron chi connectivity index (χ4n) is 2.85. The van der Waals surface area contributed by atoms with Gasteiger partial charge >= 0.3 is 0 Å². The van der Waals surface area contributed by atoms with Gasteiger partial charge in [-0.2, -0.15) is 12.6 Å². The molecule has 0 aromatic rings. The van der Waals surface area contributed by atoms with E-state index in [1.165, 1.54) is 38.5 Å². The smallest absolute Gasteiger partial charge is 0.169 e. The minimum atomic E-state index is -0.520. The first-order valence-corrected chi connectivity index (χ1v) is 9.45. The summed E-state index contributed by atoms with van der Waals surface area (Å²) in [5, 5.41) is 0. The molecule has 1 atom stereocenters. The summed E-state index contributed by atoms with van der Waals surface area (Å²) in [4.78, 5) is 0. The van der Waals surface area contributed by atoms with Crippen molar-refractivity contribution in [1.29, 1.82) is 0 Å². The van der Waals surface area contributed by atoms with Crippen molar-refractivity contribution in [2.75, 3.05) is 5.75 Å². The summed E-state index contributed by atoms with van der Waals surface area (Å²) in [6, 6.07) is 0. The Balaban J connectivity index is 4.38. The molecule has 0 saturated carbocycles. The molecule has 0 spiro atoms. The third kappa shape index (κ3) is 9.80. The molecule has 21 heavy (non-hydrogen) atoms. The molecular weight excluding hydrogens is 280 g/mol. The van der Waals surface area contributed by atoms with Crippen LogP contribution in [0.1, 0.15) is 86.5 Å². The van der Waals surface area contributed by atoms with Gasteiger partial charge in [0.15, 0.2) is 5.79 Å². The maximum Gasteiger partial charge on any atom is 0.169 e. The van der Waals surface area contributed by atoms with Gasteiger partial charge in [-0.25, -0.2) is 0 Å². The predicted molar refractivity (Wildman–Crippen MR) is 96.2 cm³/mol. The predicted octanol–water partition coefficient (Wildman–Crippen LogP) is 5.85. The summed E-state index contributed by atoms with van der Waals surface area (Å²) in [5.41, 5.74) is 0. The molecule has 0 amide bonds. The third-order valence-electron chi connectivity index (χ3n) is 3.81. The Labute approximate surface area is 138 Å². The van der Waals surface area contributed by atoms with Gasteiger partial charge in [0.1, 0.15) is 0 Å². The van der Waals surface area contributed by atoms with Gasteiger partial charge in [-0.15, -0.1) is 0 Å². The first-order chi connectivity index (χ1) is 9.85. The van der Waals surface area contributed by atoms with E-state index in [-0.39, 0.29) is 12.2 Å². The number of hydrogen-bond acceptors (Lipinski definition) is 3. The van der Waals surface area contributed by atoms with E-state index in [1.807, 2.05) is 0 Å². The van der Waals surface area contributed by atoms with Crippen LogP contribution in [0.5, 0.6) is 0 Å². The molecule has 0 fully saturated rings. The average Bonchev–Trinajstić information content (AvgIpc) is 2.35. The first-order valence-electron chi connectivity index (χ1n) is 8.82. The molecule has 0 bridgehead atoms. The van der Waals surface area contributed by atoms with Crippen molar-refractivity contribution < 1.29 is 9.47 Å². The molecule has 1 unspecified atom stereocenters. The largest absolute Gasteiger partial charge is 0.347 e. The van der Waals surface area contributed by atoms with Crippen LogP contribution in [0.3, 0.4) is 0 Å². The van der Waals surface area contributed by atoms with Crippen molar-refractivity contribution in [1.82, 2.24) is 0 Å². The van der Waals surface area contributed by atoms with Crippen LogP contribution in [0.4, 0.5) is 0 Å². The molecule has 128 valence electrons. The molecule has 0 aromatic heterocycles. The van der Waals surface area contributed by atoms with Crippen molar-refractivity contribution in [3.05, 3.63) is 0 Å². The Morgan fingerprint density at radius 3 is 1.76 bits per heavy atom. The maximum atomic E-state index is 6.13. The van der Waals surface area contributed by atoms with Gasteiger partial charge in [0.2, 0.25) is 0 Å². The van der Waals surface area contributed by atoms with Crippen LogP contribution in [0.15, 0.2) is 0 Å². The van der Waals surface area contributed by atoms with Crippen LogP contribution in [-0.2, 0) is 9.47 Å². The monoisotopic (exact) mass is 318 g/mol. The van der Waals surface area contributed by atoms with E-state index < -0.39 is 5.79 Å². The average molecular weight is 319 g/mol. The topological polar surface area (TPSA) is 18.5 Å². The normalized spacial score (nSPS) is 14.1. The van der Waals surface area contributed by atoms with Gasteiger partial charge in [0.05, 0.1) is 12.2 Å². The van der Waals surface area contributed by atoms with Crippen molar-refractivity contribution in [3.63, 3.8) is 0 Å². The number of ether oxygens (including phenoxy) is 2. The highest BCUT2D eigenvalue weighted by Gasteiger charge is 2.36. The van der Waals surface area contributed by atoms with Gasteiger partial charge in [-0.3, -0.25) is 0 Å². The molecule has 0 aliphatic heterocycles. The Morgan fingerprint density at radius 1 is 0.857 bits per heavy atom. The SMILES string of the molecule is CCCCCCCCC(CS)C(C)(OC(C)C)OC(C)C. The van der Waals surface area contributed by atoms with Crippen molar-refractivity contribution in [3.8, 4) is 0 Å². The van der Waals surface area contributed by atoms with Crippen LogP contribution in [-0.4, -0.2) is 23.7 Å². The number of thiol groups is 1. The second kappa shape index (κ2) is 11.8. The van der Waals surface area contributed by atoms with E-state index in [0.717, 1.165) is 12.2 Å². The Bertz CT molecular complexity index is 231. The first kappa shape index (κ1) is 21.3. The quantitative estimate of drug-likeness (QED) is 0.261. The van der Waals surface area contributed by atoms with Crippen molar-refractivity contribution >= 4 is 12.6 Å². The number of hydrogen-bond donors (Lipinski definition) is 1. The second-order valence-electron chi connectivity index (χ2n) is 6.79. The summed E-state index contributed by atoms with van der Waals surface area (Å²) in [5.74, 6) is 0.634. The zero-order valence-corrected chi connectivity index (χ0v) is 16.0. The lowest BCUT2D eigenvalue weighted by Crippen LogP contribution is -2.45. The molecule has 0 rings (SSSR count). The Hall–Kier alpha value is 0.270. The Morgan fingerprint density at radius 2 is 1.33 bits per heavy atom. The van der Waals surface area contributed by atoms with Gasteiger partial charge < -0.3 is 9.47 Å². The van der Waals surface area contributed by atoms with Crippen LogP contribution in [0.2, 0.25) is 0 Å². The molecule has 0 aliphatic carbocycles. The van der Waals surface area contributed by atoms with Crippen molar-refractivity contribution in [2.24, 2.45) is 5.92 Å². The van der Waals surface area contributed by atoms with E-state index in [4.69, 9.17) is 9.47 Å². The lowest BCUT2D eigenvalue weighted by atomic mass is 9.94. The van der Waals surface area contributed by atoms with Crippen LogP contribution >= 0.6 is 12.6 Å². The minimum absolute atomic E-state index is 0.167. The fraction of sp³-hybridized carbons (Fsp3) is 1.00. The highest BCUT2D eigenvalue weighted by atomic mass is 32.1. The number of unbranched alkanes of at least 4 members (excludes halogenated alkanes) is 5. The van der Waals surface area contributed by atoms with Gasteiger partial charge in [0.25, 0.3) is 0 Å². The third-order valence-corrected chi connectivity index (χ3v) is 4.25. The second-order valence-corrected chi connectivity index (χ2v) is 7.15. The summed E-state index contributed by atoms with van der Waals surface area (Å²) in [6.07, 6.45) is 9.40.